The van der Waals surface area contributed by atoms with Crippen molar-refractivity contribution in [2.45, 2.75) is 13.5 Å². The minimum atomic E-state index is 0.918. The Balaban J connectivity index is 2.71. The monoisotopic (exact) mass is 301 g/mol. The van der Waals surface area contributed by atoms with Gasteiger partial charge in [0, 0.05) is 18.0 Å². The summed E-state index contributed by atoms with van der Waals surface area (Å²) in [5.41, 5.74) is 1.25. The summed E-state index contributed by atoms with van der Waals surface area (Å²) in [6.07, 6.45) is 0. The van der Waals surface area contributed by atoms with Gasteiger partial charge in [-0.1, -0.05) is 0 Å². The molecule has 0 unspecified atom stereocenters. The molecular weight excluding hydrogens is 289 g/mol. The van der Waals surface area contributed by atoms with Crippen LogP contribution in [-0.4, -0.2) is 11.7 Å². The number of aryl methyl sites for hydroxylation is 1. The molecule has 0 saturated heterocycles. The summed E-state index contributed by atoms with van der Waals surface area (Å²) in [4.78, 5) is 0. The average Bonchev–Trinajstić information content (AvgIpc) is 2.52. The molecular formula is C11H12INO. The summed E-state index contributed by atoms with van der Waals surface area (Å²) in [6.45, 7) is 3.15. The zero-order valence-corrected chi connectivity index (χ0v) is 10.4. The maximum absolute atomic E-state index is 5.22. The molecule has 0 atom stereocenters. The lowest BCUT2D eigenvalue weighted by atomic mass is 10.2. The van der Waals surface area contributed by atoms with Crippen molar-refractivity contribution in [1.29, 1.82) is 0 Å². The van der Waals surface area contributed by atoms with Crippen LogP contribution in [0, 0.1) is 3.70 Å². The molecule has 0 fully saturated rings. The smallest absolute Gasteiger partial charge is 0.120 e. The largest absolute Gasteiger partial charge is 0.497 e. The van der Waals surface area contributed by atoms with E-state index >= 15 is 0 Å². The Kier molecular flexibility index (Phi) is 2.67. The van der Waals surface area contributed by atoms with Gasteiger partial charge in [-0.05, 0) is 47.7 Å². The minimum absolute atomic E-state index is 0.918. The molecule has 1 aromatic heterocycles. The third kappa shape index (κ3) is 1.49. The van der Waals surface area contributed by atoms with Gasteiger partial charge in [-0.2, -0.15) is 0 Å². The normalized spacial score (nSPS) is 10.8. The Morgan fingerprint density at radius 1 is 1.36 bits per heavy atom. The number of ether oxygens (including phenoxy) is 1. The Hall–Kier alpha value is -0.710. The number of rotatable bonds is 2. The van der Waals surface area contributed by atoms with E-state index in [9.17, 15) is 0 Å². The van der Waals surface area contributed by atoms with Crippen LogP contribution in [0.2, 0.25) is 0 Å². The van der Waals surface area contributed by atoms with Gasteiger partial charge in [0.05, 0.1) is 16.3 Å². The van der Waals surface area contributed by atoms with Crippen LogP contribution < -0.4 is 4.74 Å². The summed E-state index contributed by atoms with van der Waals surface area (Å²) in [5, 5.41) is 1.28. The van der Waals surface area contributed by atoms with E-state index in [1.165, 1.54) is 14.6 Å². The number of hydrogen-bond acceptors (Lipinski definition) is 1. The van der Waals surface area contributed by atoms with E-state index in [0.29, 0.717) is 0 Å². The van der Waals surface area contributed by atoms with Gasteiger partial charge in [0.15, 0.2) is 0 Å². The molecule has 14 heavy (non-hydrogen) atoms. The second kappa shape index (κ2) is 3.81. The first kappa shape index (κ1) is 9.83. The molecule has 0 bridgehead atoms. The molecule has 74 valence electrons. The van der Waals surface area contributed by atoms with Gasteiger partial charge in [0.1, 0.15) is 5.75 Å². The Morgan fingerprint density at radius 2 is 2.14 bits per heavy atom. The van der Waals surface area contributed by atoms with Crippen LogP contribution in [0.4, 0.5) is 0 Å². The maximum atomic E-state index is 5.22. The molecule has 0 saturated carbocycles. The first-order valence-electron chi connectivity index (χ1n) is 4.59. The predicted octanol–water partition coefficient (Wildman–Crippen LogP) is 3.27. The number of methoxy groups -OCH3 is 1. The molecule has 0 radical (unpaired) electrons. The molecule has 0 amide bonds. The van der Waals surface area contributed by atoms with Crippen molar-refractivity contribution in [3.63, 3.8) is 0 Å². The van der Waals surface area contributed by atoms with Gasteiger partial charge in [0.2, 0.25) is 0 Å². The summed E-state index contributed by atoms with van der Waals surface area (Å²) in [7, 11) is 1.70. The van der Waals surface area contributed by atoms with Gasteiger partial charge in [0.25, 0.3) is 0 Å². The number of hydrogen-bond donors (Lipinski definition) is 0. The van der Waals surface area contributed by atoms with Crippen LogP contribution in [0.15, 0.2) is 24.3 Å². The zero-order chi connectivity index (χ0) is 10.1. The van der Waals surface area contributed by atoms with E-state index in [2.05, 4.69) is 52.3 Å². The standard InChI is InChI=1S/C11H12INO/c1-3-13-10-7-9(14-2)5-4-8(10)6-11(13)12/h4-7H,3H2,1-2H3. The van der Waals surface area contributed by atoms with Crippen molar-refractivity contribution in [2.24, 2.45) is 0 Å². The van der Waals surface area contributed by atoms with Crippen molar-refractivity contribution in [2.75, 3.05) is 7.11 Å². The quantitative estimate of drug-likeness (QED) is 0.777. The summed E-state index contributed by atoms with van der Waals surface area (Å²) in [6, 6.07) is 8.38. The molecule has 1 heterocycles. The summed E-state index contributed by atoms with van der Waals surface area (Å²) < 4.78 is 8.76. The van der Waals surface area contributed by atoms with Gasteiger partial charge >= 0.3 is 0 Å². The van der Waals surface area contributed by atoms with E-state index in [4.69, 9.17) is 4.74 Å². The molecule has 0 aliphatic rings. The average molecular weight is 301 g/mol. The molecule has 0 N–H and O–H groups in total. The van der Waals surface area contributed by atoms with Crippen LogP contribution >= 0.6 is 22.6 Å². The van der Waals surface area contributed by atoms with Crippen molar-refractivity contribution in [1.82, 2.24) is 4.57 Å². The van der Waals surface area contributed by atoms with Gasteiger partial charge < -0.3 is 9.30 Å². The topological polar surface area (TPSA) is 14.2 Å². The fourth-order valence-electron chi connectivity index (χ4n) is 1.65. The van der Waals surface area contributed by atoms with Crippen molar-refractivity contribution < 1.29 is 4.74 Å². The summed E-state index contributed by atoms with van der Waals surface area (Å²) in [5.74, 6) is 0.918. The zero-order valence-electron chi connectivity index (χ0n) is 8.25. The fourth-order valence-corrected chi connectivity index (χ4v) is 2.59. The highest BCUT2D eigenvalue weighted by molar-refractivity contribution is 14.1. The van der Waals surface area contributed by atoms with Crippen LogP contribution in [0.3, 0.4) is 0 Å². The number of halogens is 1. The lowest BCUT2D eigenvalue weighted by Gasteiger charge is -2.04. The Morgan fingerprint density at radius 3 is 2.79 bits per heavy atom. The van der Waals surface area contributed by atoms with Crippen molar-refractivity contribution in [3.8, 4) is 5.75 Å². The van der Waals surface area contributed by atoms with Gasteiger partial charge in [-0.15, -0.1) is 0 Å². The van der Waals surface area contributed by atoms with Gasteiger partial charge in [-0.25, -0.2) is 0 Å². The lowest BCUT2D eigenvalue weighted by Crippen LogP contribution is -1.95. The molecule has 2 nitrogen and oxygen atoms in total. The van der Waals surface area contributed by atoms with Crippen molar-refractivity contribution in [3.05, 3.63) is 28.0 Å². The third-order valence-electron chi connectivity index (χ3n) is 2.38. The highest BCUT2D eigenvalue weighted by Crippen LogP contribution is 2.25. The molecule has 3 heteroatoms. The second-order valence-electron chi connectivity index (χ2n) is 3.14. The van der Waals surface area contributed by atoms with E-state index in [1.807, 2.05) is 6.07 Å². The second-order valence-corrected chi connectivity index (χ2v) is 4.24. The first-order valence-corrected chi connectivity index (χ1v) is 5.67. The molecule has 1 aromatic carbocycles. The molecule has 0 spiro atoms. The maximum Gasteiger partial charge on any atom is 0.120 e. The lowest BCUT2D eigenvalue weighted by molar-refractivity contribution is 0.415. The SMILES string of the molecule is CCn1c(I)cc2ccc(OC)cc21. The van der Waals surface area contributed by atoms with Crippen LogP contribution in [0.1, 0.15) is 6.92 Å². The third-order valence-corrected chi connectivity index (χ3v) is 3.27. The number of nitrogens with zero attached hydrogens (tertiary/aromatic N) is 1. The predicted molar refractivity (Wildman–Crippen MR) is 66.9 cm³/mol. The Bertz CT molecular complexity index is 462. The first-order chi connectivity index (χ1) is 6.76. The van der Waals surface area contributed by atoms with Crippen LogP contribution in [0.25, 0.3) is 10.9 Å². The van der Waals surface area contributed by atoms with E-state index in [-0.39, 0.29) is 0 Å². The minimum Gasteiger partial charge on any atom is -0.497 e. The van der Waals surface area contributed by atoms with Crippen LogP contribution in [-0.2, 0) is 6.54 Å². The highest BCUT2D eigenvalue weighted by atomic mass is 127. The molecule has 0 aliphatic heterocycles. The number of aromatic nitrogens is 1. The van der Waals surface area contributed by atoms with E-state index in [1.54, 1.807) is 7.11 Å². The fraction of sp³-hybridized carbons (Fsp3) is 0.273. The number of benzene rings is 1. The number of fused-ring (bicyclic) bond motifs is 1. The van der Waals surface area contributed by atoms with Crippen molar-refractivity contribution >= 4 is 33.5 Å². The molecule has 0 aliphatic carbocycles. The molecule has 2 aromatic rings. The van der Waals surface area contributed by atoms with E-state index < -0.39 is 0 Å². The van der Waals surface area contributed by atoms with E-state index in [0.717, 1.165) is 12.3 Å². The highest BCUT2D eigenvalue weighted by Gasteiger charge is 2.05. The van der Waals surface area contributed by atoms with Gasteiger partial charge in [-0.3, -0.25) is 0 Å². The summed E-state index contributed by atoms with van der Waals surface area (Å²) >= 11 is 2.36. The molecule has 2 rings (SSSR count). The Labute approximate surface area is 97.0 Å². The van der Waals surface area contributed by atoms with Crippen LogP contribution in [0.5, 0.6) is 5.75 Å².